The summed E-state index contributed by atoms with van der Waals surface area (Å²) in [6.45, 7) is 2.75. The van der Waals surface area contributed by atoms with E-state index in [1.165, 1.54) is 0 Å². The molecule has 4 aromatic rings. The first-order valence-electron chi connectivity index (χ1n) is 11.0. The van der Waals surface area contributed by atoms with Gasteiger partial charge in [0.05, 0.1) is 18.2 Å². The maximum atomic E-state index is 13.4. The molecule has 7 nitrogen and oxygen atoms in total. The number of benzene rings is 3. The zero-order valence-corrected chi connectivity index (χ0v) is 19.4. The minimum atomic E-state index is -0.0452. The number of amides is 1. The number of aromatic nitrogens is 2. The summed E-state index contributed by atoms with van der Waals surface area (Å²) in [5.41, 5.74) is 3.08. The van der Waals surface area contributed by atoms with Crippen LogP contribution >= 0.6 is 11.6 Å². The molecule has 0 atom stereocenters. The number of carbonyl (C=O) groups is 1. The summed E-state index contributed by atoms with van der Waals surface area (Å²) in [5.74, 6) is 1.54. The summed E-state index contributed by atoms with van der Waals surface area (Å²) in [7, 11) is 1.66. The molecule has 1 fully saturated rings. The van der Waals surface area contributed by atoms with Gasteiger partial charge in [0.1, 0.15) is 5.75 Å². The highest BCUT2D eigenvalue weighted by molar-refractivity contribution is 6.30. The van der Waals surface area contributed by atoms with Crippen molar-refractivity contribution >= 4 is 23.2 Å². The lowest BCUT2D eigenvalue weighted by Crippen LogP contribution is -2.48. The second kappa shape index (κ2) is 9.57. The van der Waals surface area contributed by atoms with Gasteiger partial charge < -0.3 is 19.1 Å². The van der Waals surface area contributed by atoms with Gasteiger partial charge in [0.2, 0.25) is 5.82 Å². The summed E-state index contributed by atoms with van der Waals surface area (Å²) in [6, 6.07) is 22.5. The quantitative estimate of drug-likeness (QED) is 0.404. The molecule has 1 aliphatic rings. The predicted octanol–water partition coefficient (Wildman–Crippen LogP) is 5.03. The fraction of sp³-hybridized carbons (Fsp3) is 0.192. The molecule has 0 aliphatic carbocycles. The average Bonchev–Trinajstić information content (AvgIpc) is 3.39. The summed E-state index contributed by atoms with van der Waals surface area (Å²) < 4.78 is 10.8. The van der Waals surface area contributed by atoms with Crippen LogP contribution in [0.25, 0.3) is 22.8 Å². The fourth-order valence-electron chi connectivity index (χ4n) is 4.04. The maximum absolute atomic E-state index is 13.4. The minimum Gasteiger partial charge on any atom is -0.497 e. The van der Waals surface area contributed by atoms with Gasteiger partial charge in [-0.05, 0) is 60.7 Å². The molecule has 1 saturated heterocycles. The molecular formula is C26H23ClN4O3. The highest BCUT2D eigenvalue weighted by Crippen LogP contribution is 2.27. The van der Waals surface area contributed by atoms with Gasteiger partial charge in [-0.25, -0.2) is 0 Å². The molecule has 1 aliphatic heterocycles. The van der Waals surface area contributed by atoms with E-state index in [9.17, 15) is 4.79 Å². The van der Waals surface area contributed by atoms with Crippen LogP contribution in [0.2, 0.25) is 5.02 Å². The van der Waals surface area contributed by atoms with E-state index in [4.69, 9.17) is 20.9 Å². The molecule has 34 heavy (non-hydrogen) atoms. The second-order valence-electron chi connectivity index (χ2n) is 7.95. The van der Waals surface area contributed by atoms with Crippen molar-refractivity contribution < 1.29 is 14.1 Å². The van der Waals surface area contributed by atoms with Crippen LogP contribution in [-0.2, 0) is 0 Å². The fourth-order valence-corrected chi connectivity index (χ4v) is 4.16. The van der Waals surface area contributed by atoms with Crippen LogP contribution in [0.4, 0.5) is 5.69 Å². The Morgan fingerprint density at radius 2 is 1.65 bits per heavy atom. The Kier molecular flexibility index (Phi) is 6.18. The largest absolute Gasteiger partial charge is 0.497 e. The lowest BCUT2D eigenvalue weighted by atomic mass is 10.1. The van der Waals surface area contributed by atoms with Gasteiger partial charge in [-0.15, -0.1) is 0 Å². The van der Waals surface area contributed by atoms with E-state index in [0.717, 1.165) is 30.1 Å². The number of methoxy groups -OCH3 is 1. The van der Waals surface area contributed by atoms with E-state index in [2.05, 4.69) is 15.0 Å². The zero-order valence-electron chi connectivity index (χ0n) is 18.6. The number of rotatable bonds is 5. The first-order chi connectivity index (χ1) is 16.6. The van der Waals surface area contributed by atoms with E-state index >= 15 is 0 Å². The number of ether oxygens (including phenoxy) is 1. The number of anilines is 1. The smallest absolute Gasteiger partial charge is 0.259 e. The number of halogens is 1. The number of hydrogen-bond donors (Lipinski definition) is 0. The van der Waals surface area contributed by atoms with E-state index in [-0.39, 0.29) is 5.91 Å². The zero-order chi connectivity index (χ0) is 23.5. The molecule has 1 amide bonds. The summed E-state index contributed by atoms with van der Waals surface area (Å²) in [5, 5.41) is 4.73. The first kappa shape index (κ1) is 22.0. The van der Waals surface area contributed by atoms with E-state index in [1.807, 2.05) is 59.5 Å². The lowest BCUT2D eigenvalue weighted by Gasteiger charge is -2.36. The molecule has 0 saturated carbocycles. The Morgan fingerprint density at radius 3 is 2.35 bits per heavy atom. The van der Waals surface area contributed by atoms with E-state index in [1.54, 1.807) is 25.3 Å². The van der Waals surface area contributed by atoms with Crippen molar-refractivity contribution in [3.05, 3.63) is 83.4 Å². The standard InChI is InChI=1S/C26H23ClN4O3/c1-33-21-12-10-20(11-13-21)30-14-16-31(17-15-30)26(32)23-5-3-2-4-22(23)25-28-24(29-34-25)18-6-8-19(27)9-7-18/h2-13H,14-17H2,1H3. The Hall–Kier alpha value is -3.84. The van der Waals surface area contributed by atoms with Crippen LogP contribution in [0.5, 0.6) is 5.75 Å². The van der Waals surface area contributed by atoms with Crippen LogP contribution < -0.4 is 9.64 Å². The molecule has 5 rings (SSSR count). The Bertz CT molecular complexity index is 1280. The third-order valence-electron chi connectivity index (χ3n) is 5.92. The Balaban J connectivity index is 1.32. The average molecular weight is 475 g/mol. The van der Waals surface area contributed by atoms with Crippen LogP contribution in [0.1, 0.15) is 10.4 Å². The van der Waals surface area contributed by atoms with Gasteiger partial charge in [-0.1, -0.05) is 28.9 Å². The Labute approximate surface area is 202 Å². The molecule has 0 N–H and O–H groups in total. The van der Waals surface area contributed by atoms with Crippen molar-refractivity contribution in [2.75, 3.05) is 38.2 Å². The molecule has 2 heterocycles. The normalized spacial score (nSPS) is 13.7. The monoisotopic (exact) mass is 474 g/mol. The summed E-state index contributed by atoms with van der Waals surface area (Å²) >= 11 is 5.97. The number of nitrogens with zero attached hydrogens (tertiary/aromatic N) is 4. The van der Waals surface area contributed by atoms with Gasteiger partial charge in [-0.3, -0.25) is 4.79 Å². The van der Waals surface area contributed by atoms with Gasteiger partial charge >= 0.3 is 0 Å². The third-order valence-corrected chi connectivity index (χ3v) is 6.17. The minimum absolute atomic E-state index is 0.0452. The second-order valence-corrected chi connectivity index (χ2v) is 8.39. The first-order valence-corrected chi connectivity index (χ1v) is 11.4. The highest BCUT2D eigenvalue weighted by Gasteiger charge is 2.26. The van der Waals surface area contributed by atoms with Gasteiger partial charge in [0.25, 0.3) is 11.8 Å². The maximum Gasteiger partial charge on any atom is 0.259 e. The molecule has 0 radical (unpaired) electrons. The predicted molar refractivity (Wildman–Crippen MR) is 131 cm³/mol. The summed E-state index contributed by atoms with van der Waals surface area (Å²) in [4.78, 5) is 22.1. The SMILES string of the molecule is COc1ccc(N2CCN(C(=O)c3ccccc3-c3nc(-c4ccc(Cl)cc4)no3)CC2)cc1. The lowest BCUT2D eigenvalue weighted by molar-refractivity contribution is 0.0747. The molecular weight excluding hydrogens is 452 g/mol. The van der Waals surface area contributed by atoms with Crippen molar-refractivity contribution in [1.82, 2.24) is 15.0 Å². The molecule has 0 unspecified atom stereocenters. The molecule has 3 aromatic carbocycles. The number of carbonyl (C=O) groups excluding carboxylic acids is 1. The molecule has 172 valence electrons. The van der Waals surface area contributed by atoms with Crippen molar-refractivity contribution in [3.8, 4) is 28.6 Å². The van der Waals surface area contributed by atoms with E-state index in [0.29, 0.717) is 41.0 Å². The molecule has 0 spiro atoms. The van der Waals surface area contributed by atoms with Crippen LogP contribution in [0.15, 0.2) is 77.3 Å². The highest BCUT2D eigenvalue weighted by atomic mass is 35.5. The molecule has 1 aromatic heterocycles. The van der Waals surface area contributed by atoms with Crippen molar-refractivity contribution in [2.45, 2.75) is 0 Å². The van der Waals surface area contributed by atoms with E-state index < -0.39 is 0 Å². The number of piperazine rings is 1. The number of hydrogen-bond acceptors (Lipinski definition) is 6. The van der Waals surface area contributed by atoms with Crippen molar-refractivity contribution in [2.24, 2.45) is 0 Å². The van der Waals surface area contributed by atoms with Crippen LogP contribution in [0, 0.1) is 0 Å². The van der Waals surface area contributed by atoms with Crippen molar-refractivity contribution in [3.63, 3.8) is 0 Å². The Morgan fingerprint density at radius 1 is 0.941 bits per heavy atom. The van der Waals surface area contributed by atoms with Crippen molar-refractivity contribution in [1.29, 1.82) is 0 Å². The van der Waals surface area contributed by atoms with Gasteiger partial charge in [-0.2, -0.15) is 4.98 Å². The van der Waals surface area contributed by atoms with Crippen LogP contribution in [-0.4, -0.2) is 54.2 Å². The molecule has 0 bridgehead atoms. The third kappa shape index (κ3) is 4.47. The van der Waals surface area contributed by atoms with Crippen LogP contribution in [0.3, 0.4) is 0 Å². The molecule has 8 heteroatoms. The topological polar surface area (TPSA) is 71.7 Å². The van der Waals surface area contributed by atoms with Gasteiger partial charge in [0.15, 0.2) is 0 Å². The summed E-state index contributed by atoms with van der Waals surface area (Å²) in [6.07, 6.45) is 0. The van der Waals surface area contributed by atoms with Gasteiger partial charge in [0, 0.05) is 42.5 Å².